The number of nitrogens with zero attached hydrogens (tertiary/aromatic N) is 1. The van der Waals surface area contributed by atoms with Gasteiger partial charge in [-0.15, -0.1) is 0 Å². The summed E-state index contributed by atoms with van der Waals surface area (Å²) < 4.78 is 0. The predicted octanol–water partition coefficient (Wildman–Crippen LogP) is 15.8. The zero-order chi connectivity index (χ0) is 41.8. The molecule has 9 aromatic carbocycles. The van der Waals surface area contributed by atoms with Gasteiger partial charge in [0.05, 0.1) is 11.1 Å². The minimum absolute atomic E-state index is 0.160. The minimum atomic E-state index is -0.567. The fraction of sp³-hybridized carbons (Fsp3) is 0.115. The fourth-order valence-electron chi connectivity index (χ4n) is 11.6. The molecule has 0 fully saturated rings. The monoisotopic (exact) mass is 793 g/mol. The van der Waals surface area contributed by atoms with Gasteiger partial charge >= 0.3 is 0 Å². The highest BCUT2D eigenvalue weighted by molar-refractivity contribution is 6.07. The highest BCUT2D eigenvalue weighted by atomic mass is 15.1. The van der Waals surface area contributed by atoms with Crippen molar-refractivity contribution < 1.29 is 0 Å². The Morgan fingerprint density at radius 2 is 0.823 bits per heavy atom. The minimum Gasteiger partial charge on any atom is -0.309 e. The molecule has 1 heteroatoms. The van der Waals surface area contributed by atoms with E-state index in [1.807, 2.05) is 0 Å². The van der Waals surface area contributed by atoms with Crippen LogP contribution in [0.1, 0.15) is 72.2 Å². The number of hydrogen-bond acceptors (Lipinski definition) is 1. The van der Waals surface area contributed by atoms with Crippen LogP contribution < -0.4 is 4.90 Å². The summed E-state index contributed by atoms with van der Waals surface area (Å²) >= 11 is 0. The SMILES string of the molecule is CC1(C)c2ccccc2-c2ccc(N(c3ccccc3)c3c4c(cc5c3-c3ccccc3C5(c3ccccc3)c3ccccc3)C(C)(C)c3ccc(-c5ccccc5)cc3-4)cc21. The van der Waals surface area contributed by atoms with E-state index in [1.165, 1.54) is 94.7 Å². The van der Waals surface area contributed by atoms with E-state index in [0.717, 1.165) is 11.4 Å². The maximum absolute atomic E-state index is 2.61. The number of anilines is 3. The van der Waals surface area contributed by atoms with Gasteiger partial charge in [-0.3, -0.25) is 0 Å². The van der Waals surface area contributed by atoms with E-state index in [0.29, 0.717) is 0 Å². The van der Waals surface area contributed by atoms with Crippen LogP contribution in [0.4, 0.5) is 17.1 Å². The molecule has 0 radical (unpaired) electrons. The molecule has 1 nitrogen and oxygen atoms in total. The molecule has 0 amide bonds. The number of hydrogen-bond donors (Lipinski definition) is 0. The van der Waals surface area contributed by atoms with E-state index in [1.54, 1.807) is 0 Å². The zero-order valence-corrected chi connectivity index (χ0v) is 35.7. The maximum atomic E-state index is 2.61. The standard InChI is InChI=1S/C61H47N/c1-59(2)50-31-19-17-29-46(50)47-35-34-45(38-53(47)59)62(44-27-15-8-16-28-44)58-56-48-30-18-20-32-52(48)61(42-23-11-6-12-24-42,43-25-13-7-14-26-43)55(56)39-54-57(58)49-37-41(40-21-9-5-10-22-40)33-36-51(49)60(54,3)4/h5-39H,1-4H3. The number of para-hydroxylation sites is 1. The van der Waals surface area contributed by atoms with Gasteiger partial charge in [-0.05, 0) is 108 Å². The second kappa shape index (κ2) is 13.4. The first-order chi connectivity index (χ1) is 30.3. The van der Waals surface area contributed by atoms with Crippen LogP contribution in [0.3, 0.4) is 0 Å². The molecule has 0 N–H and O–H groups in total. The van der Waals surface area contributed by atoms with Crippen molar-refractivity contribution in [2.75, 3.05) is 4.90 Å². The molecule has 3 aliphatic carbocycles. The summed E-state index contributed by atoms with van der Waals surface area (Å²) in [4.78, 5) is 2.61. The van der Waals surface area contributed by atoms with Crippen LogP contribution in [-0.2, 0) is 16.2 Å². The topological polar surface area (TPSA) is 3.24 Å². The molecule has 9 aromatic rings. The van der Waals surface area contributed by atoms with Crippen molar-refractivity contribution in [3.63, 3.8) is 0 Å². The third kappa shape index (κ3) is 4.97. The molecule has 0 saturated carbocycles. The Kier molecular flexibility index (Phi) is 7.91. The molecule has 0 heterocycles. The van der Waals surface area contributed by atoms with E-state index in [9.17, 15) is 0 Å². The molecule has 0 unspecified atom stereocenters. The molecule has 0 aliphatic heterocycles. The van der Waals surface area contributed by atoms with Crippen LogP contribution in [0.25, 0.3) is 44.5 Å². The van der Waals surface area contributed by atoms with Gasteiger partial charge < -0.3 is 4.90 Å². The van der Waals surface area contributed by atoms with Crippen molar-refractivity contribution in [1.29, 1.82) is 0 Å². The Morgan fingerprint density at radius 3 is 1.50 bits per heavy atom. The molecule has 0 spiro atoms. The first kappa shape index (κ1) is 36.6. The summed E-state index contributed by atoms with van der Waals surface area (Å²) in [5, 5.41) is 0. The zero-order valence-electron chi connectivity index (χ0n) is 35.7. The van der Waals surface area contributed by atoms with Crippen molar-refractivity contribution in [1.82, 2.24) is 0 Å². The molecule has 0 bridgehead atoms. The van der Waals surface area contributed by atoms with E-state index in [4.69, 9.17) is 0 Å². The lowest BCUT2D eigenvalue weighted by atomic mass is 9.66. The third-order valence-corrected chi connectivity index (χ3v) is 14.5. The van der Waals surface area contributed by atoms with Gasteiger partial charge in [0.2, 0.25) is 0 Å². The van der Waals surface area contributed by atoms with Crippen molar-refractivity contribution >= 4 is 17.1 Å². The first-order valence-corrected chi connectivity index (χ1v) is 22.0. The van der Waals surface area contributed by atoms with Crippen molar-refractivity contribution in [2.45, 2.75) is 43.9 Å². The van der Waals surface area contributed by atoms with Crippen molar-refractivity contribution in [3.8, 4) is 44.5 Å². The van der Waals surface area contributed by atoms with Gasteiger partial charge in [-0.2, -0.15) is 0 Å². The third-order valence-electron chi connectivity index (χ3n) is 14.5. The average molecular weight is 794 g/mol. The normalized spacial score (nSPS) is 15.2. The Morgan fingerprint density at radius 1 is 0.306 bits per heavy atom. The van der Waals surface area contributed by atoms with Crippen LogP contribution in [0.2, 0.25) is 0 Å². The summed E-state index contributed by atoms with van der Waals surface area (Å²) in [6.07, 6.45) is 0. The van der Waals surface area contributed by atoms with Crippen LogP contribution in [0.5, 0.6) is 0 Å². The lowest BCUT2D eigenvalue weighted by Gasteiger charge is -2.36. The van der Waals surface area contributed by atoms with E-state index < -0.39 is 5.41 Å². The fourth-order valence-corrected chi connectivity index (χ4v) is 11.6. The van der Waals surface area contributed by atoms with Crippen LogP contribution in [0, 0.1) is 0 Å². The Bertz CT molecular complexity index is 3170. The number of benzene rings is 9. The van der Waals surface area contributed by atoms with Crippen LogP contribution in [-0.4, -0.2) is 0 Å². The Hall–Kier alpha value is -7.22. The molecule has 62 heavy (non-hydrogen) atoms. The second-order valence-electron chi connectivity index (χ2n) is 18.4. The smallest absolute Gasteiger partial charge is 0.0714 e. The molecule has 296 valence electrons. The maximum Gasteiger partial charge on any atom is 0.0714 e. The van der Waals surface area contributed by atoms with Crippen molar-refractivity contribution in [3.05, 3.63) is 257 Å². The number of fused-ring (bicyclic) bond motifs is 9. The molecule has 12 rings (SSSR count). The summed E-state index contributed by atoms with van der Waals surface area (Å²) in [5.41, 5.74) is 23.4. The average Bonchev–Trinajstić information content (AvgIpc) is 3.84. The van der Waals surface area contributed by atoms with Crippen molar-refractivity contribution in [2.24, 2.45) is 0 Å². The highest BCUT2D eigenvalue weighted by Gasteiger charge is 2.51. The van der Waals surface area contributed by atoms with E-state index >= 15 is 0 Å². The van der Waals surface area contributed by atoms with Crippen LogP contribution >= 0.6 is 0 Å². The first-order valence-electron chi connectivity index (χ1n) is 22.0. The molecule has 0 aromatic heterocycles. The highest BCUT2D eigenvalue weighted by Crippen LogP contribution is 2.66. The summed E-state index contributed by atoms with van der Waals surface area (Å²) in [7, 11) is 0. The molecule has 0 atom stereocenters. The molecular weight excluding hydrogens is 747 g/mol. The van der Waals surface area contributed by atoms with Gasteiger partial charge in [0, 0.05) is 33.3 Å². The second-order valence-corrected chi connectivity index (χ2v) is 18.4. The van der Waals surface area contributed by atoms with Crippen LogP contribution in [0.15, 0.2) is 212 Å². The largest absolute Gasteiger partial charge is 0.309 e. The quantitative estimate of drug-likeness (QED) is 0.162. The van der Waals surface area contributed by atoms with E-state index in [2.05, 4.69) is 245 Å². The number of rotatable bonds is 6. The lowest BCUT2D eigenvalue weighted by molar-refractivity contribution is 0.656. The summed E-state index contributed by atoms with van der Waals surface area (Å²) in [6.45, 7) is 9.65. The van der Waals surface area contributed by atoms with Gasteiger partial charge in [0.15, 0.2) is 0 Å². The lowest BCUT2D eigenvalue weighted by Crippen LogP contribution is -2.29. The predicted molar refractivity (Wildman–Crippen MR) is 259 cm³/mol. The van der Waals surface area contributed by atoms with Gasteiger partial charge in [-0.25, -0.2) is 0 Å². The van der Waals surface area contributed by atoms with Gasteiger partial charge in [-0.1, -0.05) is 210 Å². The Labute approximate surface area is 365 Å². The van der Waals surface area contributed by atoms with E-state index in [-0.39, 0.29) is 10.8 Å². The molecular formula is C61H47N. The molecule has 3 aliphatic rings. The summed E-state index contributed by atoms with van der Waals surface area (Å²) in [5.74, 6) is 0. The van der Waals surface area contributed by atoms with Gasteiger partial charge in [0.1, 0.15) is 0 Å². The Balaban J connectivity index is 1.26. The molecule has 0 saturated heterocycles. The van der Waals surface area contributed by atoms with Gasteiger partial charge in [0.25, 0.3) is 0 Å². The summed E-state index contributed by atoms with van der Waals surface area (Å²) in [6, 6.07) is 79.8.